The summed E-state index contributed by atoms with van der Waals surface area (Å²) in [6, 6.07) is 0.551. The summed E-state index contributed by atoms with van der Waals surface area (Å²) in [6.07, 6.45) is 6.36. The summed E-state index contributed by atoms with van der Waals surface area (Å²) in [7, 11) is 0. The van der Waals surface area contributed by atoms with Gasteiger partial charge in [0.15, 0.2) is 0 Å². The zero-order chi connectivity index (χ0) is 17.0. The van der Waals surface area contributed by atoms with Crippen LogP contribution in [0.2, 0.25) is 0 Å². The smallest absolute Gasteiger partial charge is 0.410 e. The summed E-state index contributed by atoms with van der Waals surface area (Å²) in [4.78, 5) is 14.2. The molecule has 4 atom stereocenters. The van der Waals surface area contributed by atoms with Gasteiger partial charge in [-0.15, -0.1) is 0 Å². The van der Waals surface area contributed by atoms with Crippen molar-refractivity contribution in [3.8, 4) is 0 Å². The summed E-state index contributed by atoms with van der Waals surface area (Å²) >= 11 is 0. The molecule has 0 aromatic heterocycles. The number of carbonyl (C=O) groups is 1. The number of carbonyl (C=O) groups excluding carboxylic acids is 1. The number of rotatable bonds is 4. The zero-order valence-electron chi connectivity index (χ0n) is 15.7. The number of nitrogens with zero attached hydrogens (tertiary/aromatic N) is 1. The van der Waals surface area contributed by atoms with E-state index in [1.165, 1.54) is 25.7 Å². The lowest BCUT2D eigenvalue weighted by atomic mass is 9.74. The topological polar surface area (TPSA) is 41.6 Å². The van der Waals surface area contributed by atoms with Crippen LogP contribution >= 0.6 is 0 Å². The molecule has 1 saturated carbocycles. The van der Waals surface area contributed by atoms with Crippen molar-refractivity contribution in [3.05, 3.63) is 0 Å². The van der Waals surface area contributed by atoms with Crippen LogP contribution in [0.4, 0.5) is 4.79 Å². The van der Waals surface area contributed by atoms with E-state index in [0.29, 0.717) is 12.0 Å². The highest BCUT2D eigenvalue weighted by molar-refractivity contribution is 5.68. The minimum Gasteiger partial charge on any atom is -0.444 e. The normalized spacial score (nSPS) is 30.3. The van der Waals surface area contributed by atoms with Gasteiger partial charge >= 0.3 is 6.09 Å². The molecule has 1 amide bonds. The second-order valence-electron chi connectivity index (χ2n) is 8.59. The van der Waals surface area contributed by atoms with Gasteiger partial charge in [-0.3, -0.25) is 0 Å². The van der Waals surface area contributed by atoms with Crippen LogP contribution in [0.5, 0.6) is 0 Å². The molecule has 2 fully saturated rings. The fourth-order valence-electron chi connectivity index (χ4n) is 4.33. The lowest BCUT2D eigenvalue weighted by Gasteiger charge is -2.37. The monoisotopic (exact) mass is 324 g/mol. The van der Waals surface area contributed by atoms with Crippen LogP contribution < -0.4 is 5.32 Å². The highest BCUT2D eigenvalue weighted by Crippen LogP contribution is 2.35. The van der Waals surface area contributed by atoms with Gasteiger partial charge in [0.25, 0.3) is 0 Å². The van der Waals surface area contributed by atoms with Gasteiger partial charge in [0.1, 0.15) is 5.60 Å². The number of hydrogen-bond acceptors (Lipinski definition) is 3. The second-order valence-corrected chi connectivity index (χ2v) is 8.59. The highest BCUT2D eigenvalue weighted by atomic mass is 16.6. The minimum absolute atomic E-state index is 0.146. The fraction of sp³-hybridized carbons (Fsp3) is 0.947. The van der Waals surface area contributed by atoms with Crippen molar-refractivity contribution in [1.29, 1.82) is 0 Å². The summed E-state index contributed by atoms with van der Waals surface area (Å²) < 4.78 is 5.54. The lowest BCUT2D eigenvalue weighted by Crippen LogP contribution is -2.45. The predicted molar refractivity (Wildman–Crippen MR) is 94.5 cm³/mol. The molecule has 23 heavy (non-hydrogen) atoms. The largest absolute Gasteiger partial charge is 0.444 e. The molecule has 2 aliphatic rings. The van der Waals surface area contributed by atoms with Gasteiger partial charge in [-0.1, -0.05) is 26.7 Å². The summed E-state index contributed by atoms with van der Waals surface area (Å²) in [5.41, 5.74) is -0.408. The maximum absolute atomic E-state index is 12.3. The van der Waals surface area contributed by atoms with Crippen LogP contribution in [0.1, 0.15) is 66.7 Å². The molecule has 1 aliphatic heterocycles. The maximum Gasteiger partial charge on any atom is 0.410 e. The maximum atomic E-state index is 12.3. The Hall–Kier alpha value is -0.770. The fourth-order valence-corrected chi connectivity index (χ4v) is 4.33. The summed E-state index contributed by atoms with van der Waals surface area (Å²) in [5.74, 6) is 2.18. The number of ether oxygens (including phenoxy) is 1. The third-order valence-corrected chi connectivity index (χ3v) is 5.31. The first-order valence-corrected chi connectivity index (χ1v) is 9.51. The van der Waals surface area contributed by atoms with Gasteiger partial charge in [0.05, 0.1) is 0 Å². The second kappa shape index (κ2) is 7.87. The van der Waals surface area contributed by atoms with E-state index in [1.54, 1.807) is 0 Å². The molecule has 1 aliphatic carbocycles. The van der Waals surface area contributed by atoms with E-state index in [0.717, 1.165) is 37.9 Å². The van der Waals surface area contributed by atoms with Crippen LogP contribution in [0, 0.1) is 17.8 Å². The van der Waals surface area contributed by atoms with Crippen LogP contribution in [-0.4, -0.2) is 42.3 Å². The Kier molecular flexibility index (Phi) is 6.35. The third-order valence-electron chi connectivity index (χ3n) is 5.31. The molecule has 4 unspecified atom stereocenters. The third kappa shape index (κ3) is 5.37. The van der Waals surface area contributed by atoms with Gasteiger partial charge in [0.2, 0.25) is 0 Å². The first-order chi connectivity index (χ1) is 10.8. The molecule has 4 nitrogen and oxygen atoms in total. The van der Waals surface area contributed by atoms with Gasteiger partial charge in [0, 0.05) is 19.1 Å². The molecular formula is C19H36N2O2. The molecule has 2 rings (SSSR count). The Balaban J connectivity index is 1.95. The molecule has 1 N–H and O–H groups in total. The lowest BCUT2D eigenvalue weighted by molar-refractivity contribution is 0.0281. The number of likely N-dealkylation sites (tertiary alicyclic amines) is 1. The number of hydrogen-bond donors (Lipinski definition) is 1. The van der Waals surface area contributed by atoms with E-state index in [-0.39, 0.29) is 6.09 Å². The first-order valence-electron chi connectivity index (χ1n) is 9.51. The van der Waals surface area contributed by atoms with E-state index in [4.69, 9.17) is 4.74 Å². The Morgan fingerprint density at radius 1 is 1.26 bits per heavy atom. The SMILES string of the molecule is CCNC(C1CCCC(C)C1)C1CCN(C(=O)OC(C)(C)C)C1. The Morgan fingerprint density at radius 3 is 2.61 bits per heavy atom. The van der Waals surface area contributed by atoms with Crippen LogP contribution in [0.3, 0.4) is 0 Å². The van der Waals surface area contributed by atoms with Gasteiger partial charge in [-0.25, -0.2) is 4.79 Å². The van der Waals surface area contributed by atoms with Crippen LogP contribution in [-0.2, 0) is 4.74 Å². The predicted octanol–water partition coefficient (Wildman–Crippen LogP) is 4.05. The van der Waals surface area contributed by atoms with E-state index in [2.05, 4.69) is 19.2 Å². The van der Waals surface area contributed by atoms with Crippen molar-refractivity contribution in [3.63, 3.8) is 0 Å². The van der Waals surface area contributed by atoms with Gasteiger partial charge in [-0.05, 0) is 64.3 Å². The Labute approximate surface area is 142 Å². The average molecular weight is 325 g/mol. The van der Waals surface area contributed by atoms with Crippen molar-refractivity contribution < 1.29 is 9.53 Å². The molecular weight excluding hydrogens is 288 g/mol. The Bertz CT molecular complexity index is 391. The first kappa shape index (κ1) is 18.6. The summed E-state index contributed by atoms with van der Waals surface area (Å²) in [5, 5.41) is 3.74. The highest BCUT2D eigenvalue weighted by Gasteiger charge is 2.38. The number of amides is 1. The standard InChI is InChI=1S/C19H36N2O2/c1-6-20-17(15-9-7-8-14(2)12-15)16-10-11-21(13-16)18(22)23-19(3,4)5/h14-17,20H,6-13H2,1-5H3. The minimum atomic E-state index is -0.408. The van der Waals surface area contributed by atoms with Crippen molar-refractivity contribution in [2.45, 2.75) is 78.4 Å². The molecule has 0 spiro atoms. The van der Waals surface area contributed by atoms with Gasteiger partial charge < -0.3 is 15.0 Å². The van der Waals surface area contributed by atoms with Crippen molar-refractivity contribution in [2.75, 3.05) is 19.6 Å². The number of nitrogens with one attached hydrogen (secondary N) is 1. The van der Waals surface area contributed by atoms with Crippen LogP contribution in [0.25, 0.3) is 0 Å². The molecule has 0 aromatic rings. The molecule has 0 radical (unpaired) electrons. The van der Waals surface area contributed by atoms with Crippen molar-refractivity contribution in [2.24, 2.45) is 17.8 Å². The van der Waals surface area contributed by atoms with E-state index in [9.17, 15) is 4.79 Å². The molecule has 1 heterocycles. The van der Waals surface area contributed by atoms with Crippen LogP contribution in [0.15, 0.2) is 0 Å². The van der Waals surface area contributed by atoms with Crippen molar-refractivity contribution >= 4 is 6.09 Å². The van der Waals surface area contributed by atoms with Crippen molar-refractivity contribution in [1.82, 2.24) is 10.2 Å². The molecule has 0 aromatic carbocycles. The van der Waals surface area contributed by atoms with E-state index in [1.807, 2.05) is 25.7 Å². The quantitative estimate of drug-likeness (QED) is 0.848. The van der Waals surface area contributed by atoms with Gasteiger partial charge in [-0.2, -0.15) is 0 Å². The molecule has 4 heteroatoms. The average Bonchev–Trinajstić information content (AvgIpc) is 2.92. The molecule has 134 valence electrons. The zero-order valence-corrected chi connectivity index (χ0v) is 15.7. The Morgan fingerprint density at radius 2 is 2.00 bits per heavy atom. The van der Waals surface area contributed by atoms with E-state index < -0.39 is 5.60 Å². The van der Waals surface area contributed by atoms with E-state index >= 15 is 0 Å². The molecule has 1 saturated heterocycles. The summed E-state index contributed by atoms with van der Waals surface area (Å²) in [6.45, 7) is 13.1. The molecule has 0 bridgehead atoms.